The van der Waals surface area contributed by atoms with E-state index in [1.54, 1.807) is 16.7 Å². The summed E-state index contributed by atoms with van der Waals surface area (Å²) in [6.07, 6.45) is 4.79. The van der Waals surface area contributed by atoms with Crippen LogP contribution in [-0.2, 0) is 20.9 Å². The van der Waals surface area contributed by atoms with Crippen LogP contribution in [-0.4, -0.2) is 56.4 Å². The Kier molecular flexibility index (Phi) is 7.82. The fraction of sp³-hybridized carbons (Fsp3) is 0.500. The number of hydrogen-bond donors (Lipinski definition) is 3. The van der Waals surface area contributed by atoms with Gasteiger partial charge in [0.25, 0.3) is 0 Å². The summed E-state index contributed by atoms with van der Waals surface area (Å²) in [5.74, 6) is -1.38. The molecule has 7 nitrogen and oxygen atoms in total. The average Bonchev–Trinajstić information content (AvgIpc) is 3.49. The molecule has 5 atom stereocenters. The summed E-state index contributed by atoms with van der Waals surface area (Å²) in [6, 6.07) is 18.5. The Hall–Kier alpha value is -2.84. The number of unbranched alkanes of at least 4 members (excludes halogenated alkanes) is 3. The van der Waals surface area contributed by atoms with Crippen LogP contribution in [0.4, 0.5) is 5.69 Å². The highest BCUT2D eigenvalue weighted by Gasteiger charge is 2.76. The molecule has 3 heterocycles. The zero-order valence-electron chi connectivity index (χ0n) is 21.9. The molecule has 202 valence electrons. The second kappa shape index (κ2) is 11.1. The summed E-state index contributed by atoms with van der Waals surface area (Å²) in [6.45, 7) is 3.13. The first-order valence-electron chi connectivity index (χ1n) is 13.7. The zero-order chi connectivity index (χ0) is 26.8. The van der Waals surface area contributed by atoms with Crippen molar-refractivity contribution in [3.8, 4) is 0 Å². The number of carbonyl (C=O) groups excluding carboxylic acids is 3. The summed E-state index contributed by atoms with van der Waals surface area (Å²) in [5.41, 5.74) is 1.72. The Morgan fingerprint density at radius 1 is 0.974 bits per heavy atom. The van der Waals surface area contributed by atoms with Crippen LogP contribution in [0.25, 0.3) is 0 Å². The number of aliphatic hydroxyl groups excluding tert-OH is 1. The maximum absolute atomic E-state index is 14.1. The van der Waals surface area contributed by atoms with Crippen molar-refractivity contribution in [2.24, 2.45) is 11.8 Å². The van der Waals surface area contributed by atoms with Gasteiger partial charge in [0, 0.05) is 30.1 Å². The van der Waals surface area contributed by atoms with E-state index >= 15 is 0 Å². The van der Waals surface area contributed by atoms with Crippen LogP contribution in [0.5, 0.6) is 0 Å². The Labute approximate surface area is 228 Å². The number of anilines is 1. The maximum atomic E-state index is 14.1. The van der Waals surface area contributed by atoms with Gasteiger partial charge in [0.1, 0.15) is 6.04 Å². The number of rotatable bonds is 11. The number of likely N-dealkylation sites (tertiary alicyclic amines) is 1. The molecule has 8 heteroatoms. The SMILES string of the molecule is C[C@@]12CCC3(S1)C(C(=O)NCc1ccccc1)N(CCCCCCO)C(=O)[C@@H]3[C@@H]2C(=O)Nc1ccccc1. The zero-order valence-corrected chi connectivity index (χ0v) is 22.7. The Bertz CT molecular complexity index is 1160. The molecule has 3 aliphatic heterocycles. The Morgan fingerprint density at radius 2 is 1.66 bits per heavy atom. The quantitative estimate of drug-likeness (QED) is 0.378. The molecule has 3 amide bonds. The molecule has 3 N–H and O–H groups in total. The third kappa shape index (κ3) is 4.84. The molecule has 2 unspecified atom stereocenters. The fourth-order valence-corrected chi connectivity index (χ4v) is 9.09. The van der Waals surface area contributed by atoms with E-state index in [1.165, 1.54) is 0 Å². The topological polar surface area (TPSA) is 98.7 Å². The van der Waals surface area contributed by atoms with Gasteiger partial charge in [-0.2, -0.15) is 0 Å². The van der Waals surface area contributed by atoms with Crippen LogP contribution in [0.2, 0.25) is 0 Å². The summed E-state index contributed by atoms with van der Waals surface area (Å²) in [5, 5.41) is 15.3. The summed E-state index contributed by atoms with van der Waals surface area (Å²) in [4.78, 5) is 43.4. The molecule has 5 rings (SSSR count). The van der Waals surface area contributed by atoms with Crippen LogP contribution in [0.3, 0.4) is 0 Å². The normalized spacial score (nSPS) is 29.4. The number of hydrogen-bond acceptors (Lipinski definition) is 5. The van der Waals surface area contributed by atoms with Crippen LogP contribution >= 0.6 is 11.8 Å². The van der Waals surface area contributed by atoms with Crippen molar-refractivity contribution in [1.29, 1.82) is 0 Å². The lowest BCUT2D eigenvalue weighted by atomic mass is 9.66. The predicted octanol–water partition coefficient (Wildman–Crippen LogP) is 3.98. The number of carbonyl (C=O) groups is 3. The van der Waals surface area contributed by atoms with Gasteiger partial charge in [0.15, 0.2) is 0 Å². The number of para-hydroxylation sites is 1. The molecule has 0 radical (unpaired) electrons. The number of amides is 3. The van der Waals surface area contributed by atoms with Crippen molar-refractivity contribution >= 4 is 35.2 Å². The molecule has 2 bridgehead atoms. The van der Waals surface area contributed by atoms with E-state index in [0.717, 1.165) is 44.1 Å². The van der Waals surface area contributed by atoms with Gasteiger partial charge < -0.3 is 20.6 Å². The van der Waals surface area contributed by atoms with Crippen molar-refractivity contribution < 1.29 is 19.5 Å². The van der Waals surface area contributed by atoms with E-state index < -0.39 is 27.4 Å². The van der Waals surface area contributed by atoms with E-state index in [1.807, 2.05) is 60.7 Å². The molecule has 0 aromatic heterocycles. The van der Waals surface area contributed by atoms with Gasteiger partial charge in [0.05, 0.1) is 16.6 Å². The number of benzene rings is 2. The van der Waals surface area contributed by atoms with Crippen molar-refractivity contribution in [3.63, 3.8) is 0 Å². The molecule has 0 aliphatic carbocycles. The first-order valence-corrected chi connectivity index (χ1v) is 14.5. The fourth-order valence-electron chi connectivity index (χ4n) is 6.74. The first-order chi connectivity index (χ1) is 18.4. The third-order valence-electron chi connectivity index (χ3n) is 8.47. The van der Waals surface area contributed by atoms with Crippen LogP contribution in [0, 0.1) is 11.8 Å². The number of thioether (sulfide) groups is 1. The minimum atomic E-state index is -0.615. The monoisotopic (exact) mass is 535 g/mol. The predicted molar refractivity (Wildman–Crippen MR) is 149 cm³/mol. The lowest BCUT2D eigenvalue weighted by Crippen LogP contribution is -2.53. The minimum Gasteiger partial charge on any atom is -0.396 e. The van der Waals surface area contributed by atoms with E-state index in [2.05, 4.69) is 17.6 Å². The van der Waals surface area contributed by atoms with Gasteiger partial charge in [-0.1, -0.05) is 61.4 Å². The van der Waals surface area contributed by atoms with Gasteiger partial charge in [-0.3, -0.25) is 14.4 Å². The summed E-state index contributed by atoms with van der Waals surface area (Å²) < 4.78 is -1.01. The lowest BCUT2D eigenvalue weighted by molar-refractivity contribution is -0.139. The highest BCUT2D eigenvalue weighted by Crippen LogP contribution is 2.71. The number of aliphatic hydroxyl groups is 1. The Balaban J connectivity index is 1.41. The second-order valence-electron chi connectivity index (χ2n) is 11.0. The van der Waals surface area contributed by atoms with Gasteiger partial charge >= 0.3 is 0 Å². The van der Waals surface area contributed by atoms with Gasteiger partial charge in [-0.15, -0.1) is 11.8 Å². The van der Waals surface area contributed by atoms with E-state index in [0.29, 0.717) is 18.8 Å². The molecular formula is C30H37N3O4S. The molecule has 2 aromatic carbocycles. The van der Waals surface area contributed by atoms with Crippen molar-refractivity contribution in [2.75, 3.05) is 18.5 Å². The van der Waals surface area contributed by atoms with Crippen molar-refractivity contribution in [3.05, 3.63) is 66.2 Å². The maximum Gasteiger partial charge on any atom is 0.244 e. The van der Waals surface area contributed by atoms with Crippen molar-refractivity contribution in [2.45, 2.75) is 67.5 Å². The lowest BCUT2D eigenvalue weighted by Gasteiger charge is -2.34. The Morgan fingerprint density at radius 3 is 2.37 bits per heavy atom. The highest BCUT2D eigenvalue weighted by atomic mass is 32.2. The highest BCUT2D eigenvalue weighted by molar-refractivity contribution is 8.02. The molecule has 1 spiro atoms. The molecular weight excluding hydrogens is 498 g/mol. The molecule has 3 saturated heterocycles. The molecule has 3 aliphatic rings. The number of nitrogens with one attached hydrogen (secondary N) is 2. The van der Waals surface area contributed by atoms with E-state index in [-0.39, 0.29) is 24.3 Å². The first kappa shape index (κ1) is 26.8. The standard InChI is InChI=1S/C30H37N3O4S/c1-29-16-17-30(38-29)24(23(29)26(35)32-22-14-8-5-9-15-22)28(37)33(18-10-2-3-11-19-34)25(30)27(36)31-20-21-12-6-4-7-13-21/h4-9,12-15,23-25,34H,2-3,10-11,16-20H2,1H3,(H,31,36)(H,32,35)/t23-,24+,25?,29+,30?/m1/s1. The van der Waals surface area contributed by atoms with Crippen LogP contribution < -0.4 is 10.6 Å². The van der Waals surface area contributed by atoms with Gasteiger partial charge in [-0.05, 0) is 50.3 Å². The summed E-state index contributed by atoms with van der Waals surface area (Å²) in [7, 11) is 0. The smallest absolute Gasteiger partial charge is 0.244 e. The third-order valence-corrected chi connectivity index (χ3v) is 10.5. The van der Waals surface area contributed by atoms with Gasteiger partial charge in [-0.25, -0.2) is 0 Å². The second-order valence-corrected chi connectivity index (χ2v) is 12.9. The summed E-state index contributed by atoms with van der Waals surface area (Å²) >= 11 is 1.69. The molecule has 3 fully saturated rings. The average molecular weight is 536 g/mol. The van der Waals surface area contributed by atoms with Gasteiger partial charge in [0.2, 0.25) is 17.7 Å². The van der Waals surface area contributed by atoms with E-state index in [4.69, 9.17) is 5.11 Å². The minimum absolute atomic E-state index is 0.0730. The number of nitrogens with zero attached hydrogens (tertiary/aromatic N) is 1. The molecule has 0 saturated carbocycles. The number of fused-ring (bicyclic) bond motifs is 1. The molecule has 38 heavy (non-hydrogen) atoms. The largest absolute Gasteiger partial charge is 0.396 e. The van der Waals surface area contributed by atoms with Crippen molar-refractivity contribution in [1.82, 2.24) is 10.2 Å². The molecule has 2 aromatic rings. The van der Waals surface area contributed by atoms with E-state index in [9.17, 15) is 14.4 Å². The van der Waals surface area contributed by atoms with Crippen LogP contribution in [0.15, 0.2) is 60.7 Å². The van der Waals surface area contributed by atoms with Crippen LogP contribution in [0.1, 0.15) is 51.0 Å².